The second kappa shape index (κ2) is 5.41. The van der Waals surface area contributed by atoms with Gasteiger partial charge in [-0.05, 0) is 24.0 Å². The average molecular weight is 354 g/mol. The quantitative estimate of drug-likeness (QED) is 0.766. The minimum atomic E-state index is -4.28. The number of likely N-dealkylation sites (tertiary alicyclic amines) is 1. The number of hydrogen-bond acceptors (Lipinski definition) is 3. The monoisotopic (exact) mass is 353 g/mol. The first-order valence-electron chi connectivity index (χ1n) is 6.24. The Morgan fingerprint density at radius 1 is 1.38 bits per heavy atom. The van der Waals surface area contributed by atoms with Crippen LogP contribution in [0, 0.1) is 11.2 Å². The van der Waals surface area contributed by atoms with E-state index < -0.39 is 25.7 Å². The molecule has 4 nitrogen and oxygen atoms in total. The predicted molar refractivity (Wildman–Crippen MR) is 78.8 cm³/mol. The summed E-state index contributed by atoms with van der Waals surface area (Å²) >= 11 is 5.87. The molecule has 0 aromatic heterocycles. The third kappa shape index (κ3) is 3.49. The Balaban J connectivity index is 2.43. The number of halogens is 3. The molecule has 0 radical (unpaired) electrons. The van der Waals surface area contributed by atoms with Gasteiger partial charge in [0.15, 0.2) is 0 Å². The van der Waals surface area contributed by atoms with Gasteiger partial charge < -0.3 is 4.90 Å². The van der Waals surface area contributed by atoms with Crippen molar-refractivity contribution in [2.45, 2.75) is 25.2 Å². The Kier molecular flexibility index (Phi) is 4.26. The van der Waals surface area contributed by atoms with Gasteiger partial charge in [0.05, 0.1) is 10.6 Å². The molecule has 0 spiro atoms. The maximum atomic E-state index is 13.6. The van der Waals surface area contributed by atoms with Crippen molar-refractivity contribution in [2.24, 2.45) is 5.41 Å². The fourth-order valence-electron chi connectivity index (χ4n) is 2.34. The SMILES string of the molecule is CC1(C)CCN(C(=O)c2cc(S(=O)(=O)Cl)c(F)cc2Cl)C1. The van der Waals surface area contributed by atoms with E-state index >= 15 is 0 Å². The van der Waals surface area contributed by atoms with Gasteiger partial charge in [-0.2, -0.15) is 0 Å². The zero-order valence-electron chi connectivity index (χ0n) is 11.5. The largest absolute Gasteiger partial charge is 0.338 e. The van der Waals surface area contributed by atoms with Crippen molar-refractivity contribution in [2.75, 3.05) is 13.1 Å². The molecule has 21 heavy (non-hydrogen) atoms. The summed E-state index contributed by atoms with van der Waals surface area (Å²) in [6.07, 6.45) is 0.832. The van der Waals surface area contributed by atoms with Crippen LogP contribution < -0.4 is 0 Å². The van der Waals surface area contributed by atoms with Gasteiger partial charge >= 0.3 is 0 Å². The second-order valence-corrected chi connectivity index (χ2v) is 8.78. The summed E-state index contributed by atoms with van der Waals surface area (Å²) in [4.78, 5) is 13.3. The van der Waals surface area contributed by atoms with Crippen LogP contribution in [0.1, 0.15) is 30.6 Å². The molecule has 8 heteroatoms. The fraction of sp³-hybridized carbons (Fsp3) is 0.462. The number of rotatable bonds is 2. The highest BCUT2D eigenvalue weighted by Crippen LogP contribution is 2.32. The van der Waals surface area contributed by atoms with Crippen molar-refractivity contribution in [3.05, 3.63) is 28.5 Å². The van der Waals surface area contributed by atoms with E-state index in [2.05, 4.69) is 0 Å². The van der Waals surface area contributed by atoms with Gasteiger partial charge in [-0.15, -0.1) is 0 Å². The van der Waals surface area contributed by atoms with E-state index in [1.54, 1.807) is 4.90 Å². The Bertz CT molecular complexity index is 704. The zero-order valence-corrected chi connectivity index (χ0v) is 13.8. The van der Waals surface area contributed by atoms with Gasteiger partial charge in [0.25, 0.3) is 15.0 Å². The van der Waals surface area contributed by atoms with Crippen molar-refractivity contribution < 1.29 is 17.6 Å². The standard InChI is InChI=1S/C13H14Cl2FNO3S/c1-13(2)3-4-17(7-13)12(18)8-5-11(21(15,19)20)10(16)6-9(8)14/h5-6H,3-4,7H2,1-2H3. The van der Waals surface area contributed by atoms with Crippen LogP contribution in [0.5, 0.6) is 0 Å². The van der Waals surface area contributed by atoms with Crippen LogP contribution in [0.15, 0.2) is 17.0 Å². The molecular formula is C13H14Cl2FNO3S. The normalized spacial score (nSPS) is 18.0. The Labute approximate surface area is 132 Å². The average Bonchev–Trinajstić information content (AvgIpc) is 2.67. The van der Waals surface area contributed by atoms with E-state index in [0.717, 1.165) is 18.6 Å². The Hall–Kier alpha value is -0.850. The second-order valence-electron chi connectivity index (χ2n) is 5.84. The molecule has 2 rings (SSSR count). The van der Waals surface area contributed by atoms with Crippen LogP contribution in [0.3, 0.4) is 0 Å². The highest BCUT2D eigenvalue weighted by atomic mass is 35.7. The van der Waals surface area contributed by atoms with Gasteiger partial charge in [-0.25, -0.2) is 12.8 Å². The molecule has 1 fully saturated rings. The molecule has 0 unspecified atom stereocenters. The van der Waals surface area contributed by atoms with Crippen LogP contribution in [-0.4, -0.2) is 32.3 Å². The third-order valence-electron chi connectivity index (χ3n) is 3.48. The van der Waals surface area contributed by atoms with Crippen molar-refractivity contribution in [3.63, 3.8) is 0 Å². The predicted octanol–water partition coefficient (Wildman–Crippen LogP) is 3.28. The summed E-state index contributed by atoms with van der Waals surface area (Å²) in [7, 11) is 0.877. The van der Waals surface area contributed by atoms with Gasteiger partial charge in [-0.3, -0.25) is 4.79 Å². The minimum absolute atomic E-state index is 0.0104. The van der Waals surface area contributed by atoms with E-state index in [0.29, 0.717) is 13.1 Å². The maximum Gasteiger partial charge on any atom is 0.264 e. The molecule has 1 aromatic carbocycles. The summed E-state index contributed by atoms with van der Waals surface area (Å²) in [6.45, 7) is 5.13. The molecule has 0 saturated carbocycles. The molecular weight excluding hydrogens is 340 g/mol. The molecule has 0 aliphatic carbocycles. The fourth-order valence-corrected chi connectivity index (χ4v) is 3.47. The highest BCUT2D eigenvalue weighted by molar-refractivity contribution is 8.13. The third-order valence-corrected chi connectivity index (χ3v) is 5.13. The number of benzene rings is 1. The van der Waals surface area contributed by atoms with Crippen LogP contribution >= 0.6 is 22.3 Å². The molecule has 1 aliphatic heterocycles. The number of hydrogen-bond donors (Lipinski definition) is 0. The van der Waals surface area contributed by atoms with Gasteiger partial charge in [0, 0.05) is 23.8 Å². The van der Waals surface area contributed by atoms with Gasteiger partial charge in [0.2, 0.25) is 0 Å². The van der Waals surface area contributed by atoms with Crippen LogP contribution in [0.4, 0.5) is 4.39 Å². The lowest BCUT2D eigenvalue weighted by Gasteiger charge is -2.20. The maximum absolute atomic E-state index is 13.6. The lowest BCUT2D eigenvalue weighted by molar-refractivity contribution is 0.0778. The minimum Gasteiger partial charge on any atom is -0.338 e. The summed E-state index contributed by atoms with van der Waals surface area (Å²) in [5.74, 6) is -1.50. The zero-order chi connectivity index (χ0) is 16.0. The number of amides is 1. The van der Waals surface area contributed by atoms with Crippen LogP contribution in [-0.2, 0) is 9.05 Å². The van der Waals surface area contributed by atoms with E-state index in [9.17, 15) is 17.6 Å². The molecule has 1 saturated heterocycles. The lowest BCUT2D eigenvalue weighted by atomic mass is 9.93. The van der Waals surface area contributed by atoms with E-state index in [1.807, 2.05) is 13.8 Å². The first kappa shape index (κ1) is 16.5. The summed E-state index contributed by atoms with van der Waals surface area (Å²) < 4.78 is 36.3. The summed E-state index contributed by atoms with van der Waals surface area (Å²) in [5.41, 5.74) is -0.0706. The Morgan fingerprint density at radius 3 is 2.48 bits per heavy atom. The van der Waals surface area contributed by atoms with Crippen LogP contribution in [0.2, 0.25) is 5.02 Å². The van der Waals surface area contributed by atoms with Crippen molar-refractivity contribution in [3.8, 4) is 0 Å². The smallest absolute Gasteiger partial charge is 0.264 e. The Morgan fingerprint density at radius 2 is 2.00 bits per heavy atom. The molecule has 116 valence electrons. The first-order chi connectivity index (χ1) is 9.51. The number of carbonyl (C=O) groups excluding carboxylic acids is 1. The lowest BCUT2D eigenvalue weighted by Crippen LogP contribution is -2.30. The summed E-state index contributed by atoms with van der Waals surface area (Å²) in [6, 6.07) is 1.69. The van der Waals surface area contributed by atoms with Gasteiger partial charge in [0.1, 0.15) is 10.7 Å². The molecule has 0 bridgehead atoms. The molecule has 0 N–H and O–H groups in total. The molecule has 0 atom stereocenters. The van der Waals surface area contributed by atoms with Crippen molar-refractivity contribution in [1.29, 1.82) is 0 Å². The van der Waals surface area contributed by atoms with Crippen molar-refractivity contribution >= 4 is 37.2 Å². The van der Waals surface area contributed by atoms with Crippen LogP contribution in [0.25, 0.3) is 0 Å². The molecule has 1 aliphatic rings. The molecule has 1 aromatic rings. The van der Waals surface area contributed by atoms with E-state index in [4.69, 9.17) is 22.3 Å². The molecule has 1 heterocycles. The highest BCUT2D eigenvalue weighted by Gasteiger charge is 2.34. The topological polar surface area (TPSA) is 54.5 Å². The van der Waals surface area contributed by atoms with Gasteiger partial charge in [-0.1, -0.05) is 25.4 Å². The number of nitrogens with zero attached hydrogens (tertiary/aromatic N) is 1. The van der Waals surface area contributed by atoms with E-state index in [1.165, 1.54) is 0 Å². The number of carbonyl (C=O) groups is 1. The van der Waals surface area contributed by atoms with E-state index in [-0.39, 0.29) is 16.0 Å². The summed E-state index contributed by atoms with van der Waals surface area (Å²) in [5, 5.41) is -0.133. The first-order valence-corrected chi connectivity index (χ1v) is 8.93. The molecule has 1 amide bonds. The van der Waals surface area contributed by atoms with Crippen molar-refractivity contribution in [1.82, 2.24) is 4.90 Å².